The van der Waals surface area contributed by atoms with E-state index < -0.39 is 0 Å². The third-order valence-electron chi connectivity index (χ3n) is 1.48. The average Bonchev–Trinajstić information content (AvgIpc) is 2.02. The van der Waals surface area contributed by atoms with Gasteiger partial charge >= 0.3 is 0 Å². The van der Waals surface area contributed by atoms with Crippen LogP contribution in [-0.2, 0) is 0 Å². The molecule has 0 saturated carbocycles. The molecule has 0 fully saturated rings. The first kappa shape index (κ1) is 10.1. The van der Waals surface area contributed by atoms with Crippen LogP contribution < -0.4 is 0 Å². The summed E-state index contributed by atoms with van der Waals surface area (Å²) < 4.78 is 0. The molecule has 0 aromatic carbocycles. The molecule has 1 heterocycles. The molecule has 1 aromatic rings. The first-order chi connectivity index (χ1) is 6.09. The van der Waals surface area contributed by atoms with Crippen LogP contribution in [0.2, 0.25) is 5.15 Å². The van der Waals surface area contributed by atoms with Crippen molar-refractivity contribution in [2.75, 3.05) is 0 Å². The molecule has 0 aliphatic rings. The fourth-order valence-corrected chi connectivity index (χ4v) is 1.08. The molecule has 0 atom stereocenters. The lowest BCUT2D eigenvalue weighted by Crippen LogP contribution is -1.86. The summed E-state index contributed by atoms with van der Waals surface area (Å²) in [5, 5.41) is 0.494. The van der Waals surface area contributed by atoms with Crippen molar-refractivity contribution in [2.45, 2.75) is 20.8 Å². The van der Waals surface area contributed by atoms with Gasteiger partial charge in [0, 0.05) is 11.6 Å². The maximum Gasteiger partial charge on any atom is 0.144 e. The van der Waals surface area contributed by atoms with Crippen molar-refractivity contribution in [2.24, 2.45) is 5.92 Å². The molecule has 1 aromatic heterocycles. The number of halogens is 1. The minimum atomic E-state index is 0.359. The molecule has 68 valence electrons. The lowest BCUT2D eigenvalue weighted by molar-refractivity contribution is 0.866. The average molecular weight is 194 g/mol. The number of hydrogen-bond acceptors (Lipinski definition) is 1. The Bertz CT molecular complexity index is 358. The zero-order valence-electron chi connectivity index (χ0n) is 8.06. The van der Waals surface area contributed by atoms with Gasteiger partial charge in [0.25, 0.3) is 0 Å². The molecule has 0 saturated heterocycles. The second kappa shape index (κ2) is 4.30. The molecule has 0 N–H and O–H groups in total. The quantitative estimate of drug-likeness (QED) is 0.456. The van der Waals surface area contributed by atoms with Crippen molar-refractivity contribution < 1.29 is 0 Å². The first-order valence-corrected chi connectivity index (χ1v) is 4.62. The van der Waals surface area contributed by atoms with E-state index in [1.54, 1.807) is 0 Å². The van der Waals surface area contributed by atoms with Crippen LogP contribution in [0.4, 0.5) is 0 Å². The molecule has 0 amide bonds. The number of hydrogen-bond donors (Lipinski definition) is 0. The van der Waals surface area contributed by atoms with Crippen molar-refractivity contribution in [3.05, 3.63) is 28.5 Å². The third-order valence-corrected chi connectivity index (χ3v) is 1.77. The van der Waals surface area contributed by atoms with Gasteiger partial charge in [0.05, 0.1) is 5.56 Å². The number of rotatable bonds is 0. The highest BCUT2D eigenvalue weighted by Gasteiger charge is 1.97. The zero-order valence-corrected chi connectivity index (χ0v) is 8.81. The number of aryl methyl sites for hydroxylation is 1. The summed E-state index contributed by atoms with van der Waals surface area (Å²) in [6.45, 7) is 6.00. The van der Waals surface area contributed by atoms with Crippen LogP contribution >= 0.6 is 11.6 Å². The van der Waals surface area contributed by atoms with E-state index in [0.29, 0.717) is 11.1 Å². The summed E-state index contributed by atoms with van der Waals surface area (Å²) in [4.78, 5) is 4.11. The Labute approximate surface area is 84.1 Å². The van der Waals surface area contributed by atoms with E-state index in [1.165, 1.54) is 0 Å². The Morgan fingerprint density at radius 2 is 2.08 bits per heavy atom. The van der Waals surface area contributed by atoms with Crippen LogP contribution in [0.25, 0.3) is 0 Å². The van der Waals surface area contributed by atoms with Crippen LogP contribution in [0.5, 0.6) is 0 Å². The SMILES string of the molecule is Cc1ccc(C#CC(C)C)c(Cl)n1. The monoisotopic (exact) mass is 193 g/mol. The summed E-state index contributed by atoms with van der Waals surface area (Å²) in [7, 11) is 0. The van der Waals surface area contributed by atoms with Gasteiger partial charge in [0.1, 0.15) is 5.15 Å². The Morgan fingerprint density at radius 3 is 2.62 bits per heavy atom. The lowest BCUT2D eigenvalue weighted by atomic mass is 10.2. The maximum absolute atomic E-state index is 5.90. The molecule has 0 aliphatic carbocycles. The molecule has 1 nitrogen and oxygen atoms in total. The second-order valence-electron chi connectivity index (χ2n) is 3.22. The van der Waals surface area contributed by atoms with Crippen LogP contribution in [-0.4, -0.2) is 4.98 Å². The van der Waals surface area contributed by atoms with Crippen LogP contribution in [0.3, 0.4) is 0 Å². The fourth-order valence-electron chi connectivity index (χ4n) is 0.840. The summed E-state index contributed by atoms with van der Waals surface area (Å²) in [5.41, 5.74) is 1.72. The van der Waals surface area contributed by atoms with E-state index in [2.05, 4.69) is 16.8 Å². The summed E-state index contributed by atoms with van der Waals surface area (Å²) >= 11 is 5.90. The predicted molar refractivity (Wildman–Crippen MR) is 55.7 cm³/mol. The van der Waals surface area contributed by atoms with Gasteiger partial charge in [-0.15, -0.1) is 0 Å². The molecule has 0 radical (unpaired) electrons. The summed E-state index contributed by atoms with van der Waals surface area (Å²) in [6.07, 6.45) is 0. The van der Waals surface area contributed by atoms with Gasteiger partial charge in [-0.2, -0.15) is 0 Å². The van der Waals surface area contributed by atoms with Crippen molar-refractivity contribution in [1.82, 2.24) is 4.98 Å². The van der Waals surface area contributed by atoms with Gasteiger partial charge in [-0.1, -0.05) is 37.3 Å². The molecule has 13 heavy (non-hydrogen) atoms. The van der Waals surface area contributed by atoms with Crippen LogP contribution in [0.1, 0.15) is 25.1 Å². The van der Waals surface area contributed by atoms with E-state index in [9.17, 15) is 0 Å². The summed E-state index contributed by atoms with van der Waals surface area (Å²) in [5.74, 6) is 6.40. The Kier molecular flexibility index (Phi) is 3.33. The first-order valence-electron chi connectivity index (χ1n) is 4.24. The molecular weight excluding hydrogens is 182 g/mol. The normalized spacial score (nSPS) is 9.62. The highest BCUT2D eigenvalue weighted by atomic mass is 35.5. The third kappa shape index (κ3) is 3.08. The Morgan fingerprint density at radius 1 is 1.38 bits per heavy atom. The van der Waals surface area contributed by atoms with E-state index in [0.717, 1.165) is 11.3 Å². The summed E-state index contributed by atoms with van der Waals surface area (Å²) in [6, 6.07) is 3.82. The van der Waals surface area contributed by atoms with Gasteiger partial charge in [0.2, 0.25) is 0 Å². The smallest absolute Gasteiger partial charge is 0.144 e. The maximum atomic E-state index is 5.90. The highest BCUT2D eigenvalue weighted by Crippen LogP contribution is 2.12. The van der Waals surface area contributed by atoms with Gasteiger partial charge in [0.15, 0.2) is 0 Å². The minimum Gasteiger partial charge on any atom is -0.240 e. The lowest BCUT2D eigenvalue weighted by Gasteiger charge is -1.96. The number of pyridine rings is 1. The molecule has 0 bridgehead atoms. The van der Waals surface area contributed by atoms with Crippen molar-refractivity contribution >= 4 is 11.6 Å². The molecule has 0 unspecified atom stereocenters. The molecule has 0 spiro atoms. The number of aromatic nitrogens is 1. The molecule has 2 heteroatoms. The zero-order chi connectivity index (χ0) is 9.84. The van der Waals surface area contributed by atoms with Gasteiger partial charge in [-0.25, -0.2) is 4.98 Å². The standard InChI is InChI=1S/C11H12ClN/c1-8(2)4-6-10-7-5-9(3)13-11(10)12/h5,7-8H,1-3H3. The largest absolute Gasteiger partial charge is 0.240 e. The van der Waals surface area contributed by atoms with Gasteiger partial charge in [-0.3, -0.25) is 0 Å². The molecule has 1 rings (SSSR count). The Balaban J connectivity index is 2.98. The number of nitrogens with zero attached hydrogens (tertiary/aromatic N) is 1. The van der Waals surface area contributed by atoms with Crippen molar-refractivity contribution in [1.29, 1.82) is 0 Å². The van der Waals surface area contributed by atoms with E-state index in [1.807, 2.05) is 32.9 Å². The predicted octanol–water partition coefficient (Wildman–Crippen LogP) is 3.05. The topological polar surface area (TPSA) is 12.9 Å². The van der Waals surface area contributed by atoms with E-state index >= 15 is 0 Å². The molecule has 0 aliphatic heterocycles. The van der Waals surface area contributed by atoms with Crippen LogP contribution in [0.15, 0.2) is 12.1 Å². The van der Waals surface area contributed by atoms with Crippen LogP contribution in [0, 0.1) is 24.7 Å². The van der Waals surface area contributed by atoms with Gasteiger partial charge in [-0.05, 0) is 19.1 Å². The second-order valence-corrected chi connectivity index (χ2v) is 3.57. The minimum absolute atomic E-state index is 0.359. The van der Waals surface area contributed by atoms with Crippen molar-refractivity contribution in [3.8, 4) is 11.8 Å². The van der Waals surface area contributed by atoms with Crippen molar-refractivity contribution in [3.63, 3.8) is 0 Å². The van der Waals surface area contributed by atoms with Gasteiger partial charge < -0.3 is 0 Å². The Hall–Kier alpha value is -1.000. The van der Waals surface area contributed by atoms with E-state index in [4.69, 9.17) is 11.6 Å². The highest BCUT2D eigenvalue weighted by molar-refractivity contribution is 6.30. The molecular formula is C11H12ClN. The fraction of sp³-hybridized carbons (Fsp3) is 0.364. The van der Waals surface area contributed by atoms with E-state index in [-0.39, 0.29) is 0 Å².